The van der Waals surface area contributed by atoms with Gasteiger partial charge in [0, 0.05) is 12.0 Å². The van der Waals surface area contributed by atoms with Gasteiger partial charge in [-0.2, -0.15) is 0 Å². The van der Waals surface area contributed by atoms with Crippen LogP contribution in [0.2, 0.25) is 0 Å². The van der Waals surface area contributed by atoms with Crippen LogP contribution in [0.3, 0.4) is 0 Å². The number of anilines is 1. The van der Waals surface area contributed by atoms with Crippen LogP contribution in [0, 0.1) is 0 Å². The summed E-state index contributed by atoms with van der Waals surface area (Å²) in [5.41, 5.74) is 0.937. The fourth-order valence-electron chi connectivity index (χ4n) is 3.12. The summed E-state index contributed by atoms with van der Waals surface area (Å²) in [6.45, 7) is 3.40. The molecule has 3 rings (SSSR count). The van der Waals surface area contributed by atoms with Gasteiger partial charge in [-0.15, -0.1) is 0 Å². The second kappa shape index (κ2) is 6.76. The monoisotopic (exact) mass is 341 g/mol. The van der Waals surface area contributed by atoms with E-state index in [0.717, 1.165) is 22.7 Å². The second-order valence-corrected chi connectivity index (χ2v) is 6.37. The number of ketones is 1. The lowest BCUT2D eigenvalue weighted by Gasteiger charge is -2.27. The zero-order valence-electron chi connectivity index (χ0n) is 15.0. The van der Waals surface area contributed by atoms with Crippen molar-refractivity contribution in [1.82, 2.24) is 0 Å². The highest BCUT2D eigenvalue weighted by atomic mass is 16.7. The van der Waals surface area contributed by atoms with Crippen molar-refractivity contribution in [3.05, 3.63) is 54.1 Å². The quantitative estimate of drug-likeness (QED) is 0.824. The number of ether oxygens (including phenoxy) is 2. The van der Waals surface area contributed by atoms with Crippen LogP contribution in [0.4, 0.5) is 5.69 Å². The Morgan fingerprint density at radius 2 is 1.88 bits per heavy atom. The maximum Gasteiger partial charge on any atom is 0.164 e. The van der Waals surface area contributed by atoms with Gasteiger partial charge in [0.2, 0.25) is 0 Å². The lowest BCUT2D eigenvalue weighted by Crippen LogP contribution is -2.34. The molecule has 0 saturated carbocycles. The molecule has 0 N–H and O–H groups in total. The highest BCUT2D eigenvalue weighted by molar-refractivity contribution is 5.85. The minimum Gasteiger partial charge on any atom is -0.497 e. The van der Waals surface area contributed by atoms with Crippen LogP contribution in [0.1, 0.15) is 31.9 Å². The van der Waals surface area contributed by atoms with Gasteiger partial charge in [-0.05, 0) is 44.2 Å². The summed E-state index contributed by atoms with van der Waals surface area (Å²) in [6.07, 6.45) is 0.529. The highest BCUT2D eigenvalue weighted by Gasteiger charge is 2.47. The minimum absolute atomic E-state index is 0.00204. The van der Waals surface area contributed by atoms with Crippen molar-refractivity contribution in [1.29, 1.82) is 0 Å². The van der Waals surface area contributed by atoms with Crippen molar-refractivity contribution in [3.8, 4) is 11.5 Å². The van der Waals surface area contributed by atoms with E-state index in [9.17, 15) is 4.79 Å². The van der Waals surface area contributed by atoms with Crippen LogP contribution in [-0.2, 0) is 9.63 Å². The van der Waals surface area contributed by atoms with E-state index >= 15 is 0 Å². The van der Waals surface area contributed by atoms with Crippen molar-refractivity contribution in [3.63, 3.8) is 0 Å². The van der Waals surface area contributed by atoms with Gasteiger partial charge < -0.3 is 9.47 Å². The number of hydrogen-bond donors (Lipinski definition) is 0. The Kier molecular flexibility index (Phi) is 4.68. The molecule has 0 unspecified atom stereocenters. The van der Waals surface area contributed by atoms with Gasteiger partial charge in [0.15, 0.2) is 11.4 Å². The fraction of sp³-hybridized carbons (Fsp3) is 0.350. The van der Waals surface area contributed by atoms with Gasteiger partial charge in [0.05, 0.1) is 25.9 Å². The summed E-state index contributed by atoms with van der Waals surface area (Å²) in [6, 6.07) is 15.3. The van der Waals surface area contributed by atoms with E-state index in [1.165, 1.54) is 0 Å². The van der Waals surface area contributed by atoms with Crippen molar-refractivity contribution >= 4 is 11.5 Å². The molecule has 5 nitrogen and oxygen atoms in total. The molecule has 1 aliphatic heterocycles. The summed E-state index contributed by atoms with van der Waals surface area (Å²) in [4.78, 5) is 18.3. The summed E-state index contributed by atoms with van der Waals surface area (Å²) < 4.78 is 10.9. The molecule has 0 aromatic heterocycles. The predicted molar refractivity (Wildman–Crippen MR) is 96.0 cm³/mol. The number of para-hydroxylation sites is 1. The smallest absolute Gasteiger partial charge is 0.164 e. The third-order valence-electron chi connectivity index (χ3n) is 4.72. The normalized spacial score (nSPS) is 22.7. The standard InChI is InChI=1S/C20H23NO4/c1-14(22)20(2)13-18(21(25-20)15-8-6-5-7-9-15)17-12-16(23-3)10-11-19(17)24-4/h5-12,18H,13H2,1-4H3/t18-,20-/m1/s1. The van der Waals surface area contributed by atoms with E-state index in [4.69, 9.17) is 14.3 Å². The number of carbonyl (C=O) groups excluding carboxylic acids is 1. The molecule has 0 aliphatic carbocycles. The van der Waals surface area contributed by atoms with Crippen LogP contribution < -0.4 is 14.5 Å². The maximum absolute atomic E-state index is 12.2. The largest absolute Gasteiger partial charge is 0.497 e. The van der Waals surface area contributed by atoms with Crippen LogP contribution in [0.15, 0.2) is 48.5 Å². The SMILES string of the molecule is COc1ccc(OC)c([C@H]2C[C@](C)(C(C)=O)ON2c2ccccc2)c1. The van der Waals surface area contributed by atoms with Crippen molar-refractivity contribution in [2.45, 2.75) is 31.9 Å². The first-order valence-electron chi connectivity index (χ1n) is 8.25. The van der Waals surface area contributed by atoms with Gasteiger partial charge in [0.25, 0.3) is 0 Å². The van der Waals surface area contributed by atoms with Gasteiger partial charge in [-0.3, -0.25) is 9.63 Å². The number of methoxy groups -OCH3 is 2. The molecule has 2 atom stereocenters. The Morgan fingerprint density at radius 3 is 2.48 bits per heavy atom. The Morgan fingerprint density at radius 1 is 1.16 bits per heavy atom. The molecule has 132 valence electrons. The van der Waals surface area contributed by atoms with Gasteiger partial charge in [-0.25, -0.2) is 5.06 Å². The maximum atomic E-state index is 12.2. The molecule has 0 bridgehead atoms. The van der Waals surface area contributed by atoms with E-state index < -0.39 is 5.60 Å². The van der Waals surface area contributed by atoms with E-state index in [0.29, 0.717) is 6.42 Å². The van der Waals surface area contributed by atoms with Gasteiger partial charge in [0.1, 0.15) is 11.5 Å². The third-order valence-corrected chi connectivity index (χ3v) is 4.72. The lowest BCUT2D eigenvalue weighted by molar-refractivity contribution is -0.136. The number of rotatable bonds is 5. The number of hydroxylamine groups is 1. The Hall–Kier alpha value is -2.53. The number of hydrogen-bond acceptors (Lipinski definition) is 5. The van der Waals surface area contributed by atoms with Crippen LogP contribution in [0.5, 0.6) is 11.5 Å². The van der Waals surface area contributed by atoms with Crippen molar-refractivity contribution < 1.29 is 19.1 Å². The number of nitrogens with zero attached hydrogens (tertiary/aromatic N) is 1. The van der Waals surface area contributed by atoms with Crippen molar-refractivity contribution in [2.24, 2.45) is 0 Å². The van der Waals surface area contributed by atoms with Crippen LogP contribution >= 0.6 is 0 Å². The molecule has 1 saturated heterocycles. The van der Waals surface area contributed by atoms with E-state index in [1.807, 2.05) is 55.5 Å². The topological polar surface area (TPSA) is 48.0 Å². The highest BCUT2D eigenvalue weighted by Crippen LogP contribution is 2.46. The Bertz CT molecular complexity index is 762. The molecule has 1 fully saturated rings. The van der Waals surface area contributed by atoms with E-state index in [2.05, 4.69) is 0 Å². The van der Waals surface area contributed by atoms with Gasteiger partial charge >= 0.3 is 0 Å². The lowest BCUT2D eigenvalue weighted by atomic mass is 9.90. The van der Waals surface area contributed by atoms with Gasteiger partial charge in [-0.1, -0.05) is 18.2 Å². The molecular weight excluding hydrogens is 318 g/mol. The predicted octanol–water partition coefficient (Wildman–Crippen LogP) is 3.93. The third kappa shape index (κ3) is 3.20. The molecule has 1 aliphatic rings. The Balaban J connectivity index is 2.09. The van der Waals surface area contributed by atoms with Crippen LogP contribution in [0.25, 0.3) is 0 Å². The van der Waals surface area contributed by atoms with E-state index in [-0.39, 0.29) is 11.8 Å². The molecule has 5 heteroatoms. The summed E-state index contributed by atoms with van der Waals surface area (Å²) in [7, 11) is 3.27. The fourth-order valence-corrected chi connectivity index (χ4v) is 3.12. The zero-order valence-corrected chi connectivity index (χ0v) is 15.0. The molecule has 1 heterocycles. The number of carbonyl (C=O) groups is 1. The second-order valence-electron chi connectivity index (χ2n) is 6.37. The van der Waals surface area contributed by atoms with Crippen LogP contribution in [-0.4, -0.2) is 25.6 Å². The molecule has 0 amide bonds. The summed E-state index contributed by atoms with van der Waals surface area (Å²) in [5, 5.41) is 1.80. The summed E-state index contributed by atoms with van der Waals surface area (Å²) >= 11 is 0. The molecule has 0 radical (unpaired) electrons. The van der Waals surface area contributed by atoms with Crippen molar-refractivity contribution in [2.75, 3.05) is 19.3 Å². The molecule has 2 aromatic rings. The molecule has 25 heavy (non-hydrogen) atoms. The molecular formula is C20H23NO4. The summed E-state index contributed by atoms with van der Waals surface area (Å²) in [5.74, 6) is 1.47. The first-order valence-corrected chi connectivity index (χ1v) is 8.25. The first-order chi connectivity index (χ1) is 12.0. The average Bonchev–Trinajstić information content (AvgIpc) is 3.01. The average molecular weight is 341 g/mol. The zero-order chi connectivity index (χ0) is 18.0. The number of Topliss-reactive ketones (excluding diaryl/α,β-unsaturated/α-hetero) is 1. The first kappa shape index (κ1) is 17.3. The minimum atomic E-state index is -0.880. The number of benzene rings is 2. The molecule has 2 aromatic carbocycles. The molecule has 0 spiro atoms. The van der Waals surface area contributed by atoms with E-state index in [1.54, 1.807) is 26.2 Å². The Labute approximate surface area is 148 Å².